The van der Waals surface area contributed by atoms with Crippen molar-refractivity contribution in [2.45, 2.75) is 26.4 Å². The van der Waals surface area contributed by atoms with Gasteiger partial charge in [0, 0.05) is 11.8 Å². The average Bonchev–Trinajstić information content (AvgIpc) is 2.37. The third kappa shape index (κ3) is 3.58. The zero-order valence-corrected chi connectivity index (χ0v) is 12.4. The molecule has 1 aromatic heterocycles. The highest BCUT2D eigenvalue weighted by Crippen LogP contribution is 2.25. The number of hydrogen-bond donors (Lipinski definition) is 0. The van der Waals surface area contributed by atoms with E-state index in [0.717, 1.165) is 5.56 Å². The SMILES string of the molecule is CC(C)(C)OC(=O)c1ccc(-c2ncccc2Cl)cc1. The maximum absolute atomic E-state index is 11.9. The standard InChI is InChI=1S/C16H16ClNO2/c1-16(2,3)20-15(19)12-8-6-11(7-9-12)14-13(17)5-4-10-18-14/h4-10H,1-3H3. The van der Waals surface area contributed by atoms with Gasteiger partial charge in [-0.3, -0.25) is 4.98 Å². The Morgan fingerprint density at radius 1 is 1.15 bits per heavy atom. The van der Waals surface area contributed by atoms with Crippen molar-refractivity contribution in [1.82, 2.24) is 4.98 Å². The van der Waals surface area contributed by atoms with Gasteiger partial charge < -0.3 is 4.74 Å². The minimum absolute atomic E-state index is 0.337. The molecule has 2 aromatic rings. The Balaban J connectivity index is 2.23. The molecule has 0 unspecified atom stereocenters. The highest BCUT2D eigenvalue weighted by molar-refractivity contribution is 6.33. The van der Waals surface area contributed by atoms with Crippen molar-refractivity contribution < 1.29 is 9.53 Å². The smallest absolute Gasteiger partial charge is 0.338 e. The number of rotatable bonds is 2. The largest absolute Gasteiger partial charge is 0.456 e. The van der Waals surface area contributed by atoms with Crippen LogP contribution < -0.4 is 0 Å². The molecule has 0 aliphatic heterocycles. The van der Waals surface area contributed by atoms with Crippen molar-refractivity contribution in [1.29, 1.82) is 0 Å². The molecule has 1 heterocycles. The molecule has 0 N–H and O–H groups in total. The summed E-state index contributed by atoms with van der Waals surface area (Å²) < 4.78 is 5.31. The molecule has 0 spiro atoms. The van der Waals surface area contributed by atoms with Gasteiger partial charge in [-0.25, -0.2) is 4.79 Å². The monoisotopic (exact) mass is 289 g/mol. The Bertz CT molecular complexity index is 615. The Hall–Kier alpha value is -1.87. The van der Waals surface area contributed by atoms with Crippen LogP contribution in [0.1, 0.15) is 31.1 Å². The number of nitrogens with zero attached hydrogens (tertiary/aromatic N) is 1. The molecule has 3 nitrogen and oxygen atoms in total. The quantitative estimate of drug-likeness (QED) is 0.771. The molecule has 20 heavy (non-hydrogen) atoms. The summed E-state index contributed by atoms with van der Waals surface area (Å²) in [6.45, 7) is 5.52. The summed E-state index contributed by atoms with van der Waals surface area (Å²) in [6.07, 6.45) is 1.68. The van der Waals surface area contributed by atoms with E-state index in [0.29, 0.717) is 16.3 Å². The van der Waals surface area contributed by atoms with Gasteiger partial charge in [0.1, 0.15) is 5.60 Å². The summed E-state index contributed by atoms with van der Waals surface area (Å²) in [5.74, 6) is -0.337. The summed E-state index contributed by atoms with van der Waals surface area (Å²) >= 11 is 6.09. The first-order valence-electron chi connectivity index (χ1n) is 6.31. The van der Waals surface area contributed by atoms with Crippen LogP contribution in [0, 0.1) is 0 Å². The van der Waals surface area contributed by atoms with Crippen LogP contribution in [0.15, 0.2) is 42.6 Å². The second kappa shape index (κ2) is 5.63. The van der Waals surface area contributed by atoms with Crippen LogP contribution >= 0.6 is 11.6 Å². The number of carbonyl (C=O) groups is 1. The van der Waals surface area contributed by atoms with Gasteiger partial charge in [-0.1, -0.05) is 23.7 Å². The van der Waals surface area contributed by atoms with E-state index in [1.54, 1.807) is 30.5 Å². The van der Waals surface area contributed by atoms with E-state index in [4.69, 9.17) is 16.3 Å². The lowest BCUT2D eigenvalue weighted by molar-refractivity contribution is 0.00696. The highest BCUT2D eigenvalue weighted by atomic mass is 35.5. The minimum Gasteiger partial charge on any atom is -0.456 e. The summed E-state index contributed by atoms with van der Waals surface area (Å²) in [5, 5.41) is 0.581. The number of hydrogen-bond acceptors (Lipinski definition) is 3. The summed E-state index contributed by atoms with van der Waals surface area (Å²) in [7, 11) is 0. The summed E-state index contributed by atoms with van der Waals surface area (Å²) in [6, 6.07) is 10.6. The first-order chi connectivity index (χ1) is 9.37. The predicted molar refractivity (Wildman–Crippen MR) is 79.9 cm³/mol. The van der Waals surface area contributed by atoms with Gasteiger partial charge in [0.15, 0.2) is 0 Å². The molecule has 0 aliphatic carbocycles. The van der Waals surface area contributed by atoms with Gasteiger partial charge in [-0.15, -0.1) is 0 Å². The lowest BCUT2D eigenvalue weighted by atomic mass is 10.1. The van der Waals surface area contributed by atoms with Crippen molar-refractivity contribution in [3.8, 4) is 11.3 Å². The fraction of sp³-hybridized carbons (Fsp3) is 0.250. The minimum atomic E-state index is -0.500. The van der Waals surface area contributed by atoms with E-state index in [1.807, 2.05) is 32.9 Å². The second-order valence-electron chi connectivity index (χ2n) is 5.41. The number of benzene rings is 1. The molecular weight excluding hydrogens is 274 g/mol. The fourth-order valence-electron chi connectivity index (χ4n) is 1.70. The molecule has 0 fully saturated rings. The second-order valence-corrected chi connectivity index (χ2v) is 5.82. The Morgan fingerprint density at radius 3 is 2.35 bits per heavy atom. The maximum Gasteiger partial charge on any atom is 0.338 e. The van der Waals surface area contributed by atoms with Crippen molar-refractivity contribution in [2.24, 2.45) is 0 Å². The van der Waals surface area contributed by atoms with Gasteiger partial charge in [0.25, 0.3) is 0 Å². The van der Waals surface area contributed by atoms with Gasteiger partial charge in [0.2, 0.25) is 0 Å². The highest BCUT2D eigenvalue weighted by Gasteiger charge is 2.17. The molecular formula is C16H16ClNO2. The van der Waals surface area contributed by atoms with Gasteiger partial charge in [-0.2, -0.15) is 0 Å². The van der Waals surface area contributed by atoms with E-state index >= 15 is 0 Å². The number of pyridine rings is 1. The van der Waals surface area contributed by atoms with E-state index in [9.17, 15) is 4.79 Å². The number of aromatic nitrogens is 1. The molecule has 1 aromatic carbocycles. The van der Waals surface area contributed by atoms with E-state index in [1.165, 1.54) is 0 Å². The molecule has 0 radical (unpaired) electrons. The van der Waals surface area contributed by atoms with Crippen LogP contribution in [0.5, 0.6) is 0 Å². The lowest BCUT2D eigenvalue weighted by Gasteiger charge is -2.19. The number of carbonyl (C=O) groups excluding carboxylic acids is 1. The number of esters is 1. The van der Waals surface area contributed by atoms with Crippen molar-refractivity contribution in [2.75, 3.05) is 0 Å². The lowest BCUT2D eigenvalue weighted by Crippen LogP contribution is -2.23. The predicted octanol–water partition coefficient (Wildman–Crippen LogP) is 4.36. The third-order valence-electron chi connectivity index (χ3n) is 2.55. The normalized spacial score (nSPS) is 11.2. The van der Waals surface area contributed by atoms with E-state index in [-0.39, 0.29) is 5.97 Å². The molecule has 0 bridgehead atoms. The van der Waals surface area contributed by atoms with Gasteiger partial charge >= 0.3 is 5.97 Å². The summed E-state index contributed by atoms with van der Waals surface area (Å²) in [5.41, 5.74) is 1.57. The van der Waals surface area contributed by atoms with Crippen LogP contribution in [0.2, 0.25) is 5.02 Å². The van der Waals surface area contributed by atoms with Crippen LogP contribution in [0.4, 0.5) is 0 Å². The third-order valence-corrected chi connectivity index (χ3v) is 2.86. The molecule has 2 rings (SSSR count). The molecule has 0 saturated carbocycles. The zero-order valence-electron chi connectivity index (χ0n) is 11.7. The van der Waals surface area contributed by atoms with Crippen LogP contribution in [0.25, 0.3) is 11.3 Å². The first kappa shape index (κ1) is 14.5. The number of ether oxygens (including phenoxy) is 1. The van der Waals surface area contributed by atoms with Crippen LogP contribution in [0.3, 0.4) is 0 Å². The molecule has 0 aliphatic rings. The van der Waals surface area contributed by atoms with Gasteiger partial charge in [0.05, 0.1) is 16.3 Å². The van der Waals surface area contributed by atoms with Crippen molar-refractivity contribution in [3.63, 3.8) is 0 Å². The van der Waals surface area contributed by atoms with E-state index in [2.05, 4.69) is 4.98 Å². The van der Waals surface area contributed by atoms with Gasteiger partial charge in [-0.05, 0) is 45.0 Å². The van der Waals surface area contributed by atoms with Crippen molar-refractivity contribution in [3.05, 3.63) is 53.2 Å². The van der Waals surface area contributed by atoms with Crippen LogP contribution in [-0.2, 0) is 4.74 Å². The molecule has 0 atom stereocenters. The molecule has 4 heteroatoms. The maximum atomic E-state index is 11.9. The van der Waals surface area contributed by atoms with Crippen molar-refractivity contribution >= 4 is 17.6 Å². The van der Waals surface area contributed by atoms with E-state index < -0.39 is 5.60 Å². The summed E-state index contributed by atoms with van der Waals surface area (Å²) in [4.78, 5) is 16.1. The van der Waals surface area contributed by atoms with Crippen LogP contribution in [-0.4, -0.2) is 16.6 Å². The Morgan fingerprint density at radius 2 is 1.80 bits per heavy atom. The Kier molecular flexibility index (Phi) is 4.09. The zero-order chi connectivity index (χ0) is 14.8. The topological polar surface area (TPSA) is 39.2 Å². The fourth-order valence-corrected chi connectivity index (χ4v) is 1.93. The molecule has 104 valence electrons. The average molecular weight is 290 g/mol. The first-order valence-corrected chi connectivity index (χ1v) is 6.69. The Labute approximate surface area is 123 Å². The number of halogens is 1. The molecule has 0 amide bonds. The molecule has 0 saturated heterocycles.